The number of carbonyl (C=O) groups excluding carboxylic acids is 2. The third-order valence-electron chi connectivity index (χ3n) is 5.24. The molecule has 0 saturated carbocycles. The van der Waals surface area contributed by atoms with Crippen molar-refractivity contribution in [2.45, 2.75) is 39.0 Å². The van der Waals surface area contributed by atoms with Gasteiger partial charge in [0.15, 0.2) is 0 Å². The van der Waals surface area contributed by atoms with Crippen molar-refractivity contribution in [2.75, 3.05) is 36.9 Å². The highest BCUT2D eigenvalue weighted by atomic mass is 16.2. The second-order valence-corrected chi connectivity index (χ2v) is 7.54. The highest BCUT2D eigenvalue weighted by molar-refractivity contribution is 6.03. The molecular formula is C23H30N4O2. The summed E-state index contributed by atoms with van der Waals surface area (Å²) >= 11 is 0. The molecule has 0 unspecified atom stereocenters. The van der Waals surface area contributed by atoms with Crippen LogP contribution < -0.4 is 10.2 Å². The van der Waals surface area contributed by atoms with Crippen LogP contribution in [-0.2, 0) is 0 Å². The third-order valence-corrected chi connectivity index (χ3v) is 5.24. The van der Waals surface area contributed by atoms with Gasteiger partial charge in [-0.1, -0.05) is 19.4 Å². The van der Waals surface area contributed by atoms with E-state index in [9.17, 15) is 9.59 Å². The molecule has 1 aromatic heterocycles. The molecule has 1 N–H and O–H groups in total. The van der Waals surface area contributed by atoms with E-state index in [1.165, 1.54) is 24.9 Å². The Hall–Kier alpha value is -2.89. The van der Waals surface area contributed by atoms with Crippen molar-refractivity contribution >= 4 is 23.2 Å². The van der Waals surface area contributed by atoms with Crippen LogP contribution in [0.1, 0.15) is 60.0 Å². The highest BCUT2D eigenvalue weighted by Crippen LogP contribution is 2.22. The predicted molar refractivity (Wildman–Crippen MR) is 117 cm³/mol. The van der Waals surface area contributed by atoms with E-state index in [1.807, 2.05) is 24.3 Å². The fourth-order valence-electron chi connectivity index (χ4n) is 3.48. The third kappa shape index (κ3) is 5.56. The van der Waals surface area contributed by atoms with Crippen molar-refractivity contribution in [3.05, 3.63) is 53.9 Å². The molecule has 3 rings (SSSR count). The average Bonchev–Trinajstić information content (AvgIpc) is 2.78. The Labute approximate surface area is 172 Å². The van der Waals surface area contributed by atoms with Crippen molar-refractivity contribution in [1.82, 2.24) is 9.88 Å². The van der Waals surface area contributed by atoms with Gasteiger partial charge >= 0.3 is 0 Å². The molecule has 1 aromatic carbocycles. The number of nitrogens with one attached hydrogen (secondary N) is 1. The lowest BCUT2D eigenvalue weighted by Gasteiger charge is -2.28. The minimum Gasteiger partial charge on any atom is -0.372 e. The van der Waals surface area contributed by atoms with Crippen LogP contribution in [0.25, 0.3) is 0 Å². The zero-order valence-electron chi connectivity index (χ0n) is 17.4. The summed E-state index contributed by atoms with van der Waals surface area (Å²) in [4.78, 5) is 33.4. The van der Waals surface area contributed by atoms with Crippen molar-refractivity contribution in [3.8, 4) is 0 Å². The molecule has 0 aliphatic carbocycles. The van der Waals surface area contributed by atoms with Gasteiger partial charge in [0.25, 0.3) is 11.8 Å². The Morgan fingerprint density at radius 3 is 2.41 bits per heavy atom. The molecule has 2 amide bonds. The van der Waals surface area contributed by atoms with Crippen LogP contribution in [0.2, 0.25) is 0 Å². The number of piperidine rings is 1. The Morgan fingerprint density at radius 1 is 1.03 bits per heavy atom. The Balaban J connectivity index is 1.64. The number of hydrogen-bond acceptors (Lipinski definition) is 4. The van der Waals surface area contributed by atoms with E-state index >= 15 is 0 Å². The number of rotatable bonds is 7. The predicted octanol–water partition coefficient (Wildman–Crippen LogP) is 4.20. The summed E-state index contributed by atoms with van der Waals surface area (Å²) in [5.41, 5.74) is 2.43. The molecule has 0 bridgehead atoms. The molecule has 2 heterocycles. The molecule has 0 radical (unpaired) electrons. The van der Waals surface area contributed by atoms with Crippen molar-refractivity contribution in [2.24, 2.45) is 0 Å². The van der Waals surface area contributed by atoms with E-state index in [0.717, 1.165) is 25.9 Å². The lowest BCUT2D eigenvalue weighted by molar-refractivity contribution is 0.0787. The summed E-state index contributed by atoms with van der Waals surface area (Å²) in [6, 6.07) is 12.9. The first kappa shape index (κ1) is 20.8. The molecule has 1 aliphatic rings. The highest BCUT2D eigenvalue weighted by Gasteiger charge is 2.16. The Morgan fingerprint density at radius 2 is 1.72 bits per heavy atom. The number of unbranched alkanes of at least 4 members (excludes halogenated alkanes) is 1. The molecule has 2 aromatic rings. The smallest absolute Gasteiger partial charge is 0.274 e. The lowest BCUT2D eigenvalue weighted by atomic mass is 10.1. The second-order valence-electron chi connectivity index (χ2n) is 7.54. The van der Waals surface area contributed by atoms with Crippen LogP contribution >= 0.6 is 0 Å². The van der Waals surface area contributed by atoms with Gasteiger partial charge in [0.1, 0.15) is 11.4 Å². The Kier molecular flexibility index (Phi) is 7.22. The second kappa shape index (κ2) is 10.0. The molecule has 1 fully saturated rings. The van der Waals surface area contributed by atoms with Crippen molar-refractivity contribution in [1.29, 1.82) is 0 Å². The van der Waals surface area contributed by atoms with Crippen molar-refractivity contribution < 1.29 is 9.59 Å². The van der Waals surface area contributed by atoms with Gasteiger partial charge < -0.3 is 15.1 Å². The molecule has 0 atom stereocenters. The first-order chi connectivity index (χ1) is 14.1. The average molecular weight is 395 g/mol. The lowest BCUT2D eigenvalue weighted by Crippen LogP contribution is -2.29. The summed E-state index contributed by atoms with van der Waals surface area (Å²) < 4.78 is 0. The number of aromatic nitrogens is 1. The molecular weight excluding hydrogens is 364 g/mol. The van der Waals surface area contributed by atoms with Crippen LogP contribution in [0.4, 0.5) is 11.4 Å². The van der Waals surface area contributed by atoms with E-state index in [0.29, 0.717) is 12.2 Å². The number of nitrogens with zero attached hydrogens (tertiary/aromatic N) is 3. The van der Waals surface area contributed by atoms with E-state index < -0.39 is 0 Å². The fraction of sp³-hybridized carbons (Fsp3) is 0.435. The number of benzene rings is 1. The van der Waals surface area contributed by atoms with Crippen molar-refractivity contribution in [3.63, 3.8) is 0 Å². The van der Waals surface area contributed by atoms with Gasteiger partial charge in [-0.15, -0.1) is 0 Å². The van der Waals surface area contributed by atoms with Gasteiger partial charge in [-0.3, -0.25) is 9.59 Å². The maximum atomic E-state index is 12.6. The standard InChI is InChI=1S/C23H30N4O2/c1-3-4-15-26(2)23(29)21-10-8-9-20(25-21)22(28)24-18-11-13-19(14-12-18)27-16-6-5-7-17-27/h8-14H,3-7,15-17H2,1-2H3,(H,24,28). The van der Waals surface area contributed by atoms with Crippen LogP contribution in [0, 0.1) is 0 Å². The van der Waals surface area contributed by atoms with E-state index in [1.54, 1.807) is 30.1 Å². The van der Waals surface area contributed by atoms with Gasteiger partial charge in [-0.2, -0.15) is 0 Å². The van der Waals surface area contributed by atoms with E-state index in [2.05, 4.69) is 22.1 Å². The monoisotopic (exact) mass is 394 g/mol. The molecule has 29 heavy (non-hydrogen) atoms. The molecule has 1 saturated heterocycles. The minimum atomic E-state index is -0.318. The number of amides is 2. The summed E-state index contributed by atoms with van der Waals surface area (Å²) in [7, 11) is 1.76. The first-order valence-corrected chi connectivity index (χ1v) is 10.5. The molecule has 154 valence electrons. The molecule has 1 aliphatic heterocycles. The van der Waals surface area contributed by atoms with E-state index in [4.69, 9.17) is 0 Å². The zero-order chi connectivity index (χ0) is 20.6. The van der Waals surface area contributed by atoms with Crippen LogP contribution in [0.15, 0.2) is 42.5 Å². The summed E-state index contributed by atoms with van der Waals surface area (Å²) in [6.45, 7) is 4.93. The maximum Gasteiger partial charge on any atom is 0.274 e. The number of pyridine rings is 1. The fourth-order valence-corrected chi connectivity index (χ4v) is 3.48. The first-order valence-electron chi connectivity index (χ1n) is 10.5. The summed E-state index contributed by atoms with van der Waals surface area (Å²) in [5.74, 6) is -0.486. The maximum absolute atomic E-state index is 12.6. The Bertz CT molecular complexity index is 829. The SMILES string of the molecule is CCCCN(C)C(=O)c1cccc(C(=O)Nc2ccc(N3CCCCC3)cc2)n1. The van der Waals surface area contributed by atoms with Gasteiger partial charge in [0.05, 0.1) is 0 Å². The van der Waals surface area contributed by atoms with Gasteiger partial charge in [-0.25, -0.2) is 4.98 Å². The molecule has 6 nitrogen and oxygen atoms in total. The van der Waals surface area contributed by atoms with Crippen LogP contribution in [-0.4, -0.2) is 48.4 Å². The number of carbonyl (C=O) groups is 2. The number of hydrogen-bond donors (Lipinski definition) is 1. The quantitative estimate of drug-likeness (QED) is 0.764. The van der Waals surface area contributed by atoms with E-state index in [-0.39, 0.29) is 23.2 Å². The molecule has 6 heteroatoms. The normalized spacial score (nSPS) is 13.8. The summed E-state index contributed by atoms with van der Waals surface area (Å²) in [6.07, 6.45) is 5.72. The number of anilines is 2. The zero-order valence-corrected chi connectivity index (χ0v) is 17.4. The van der Waals surface area contributed by atoms with Crippen LogP contribution in [0.3, 0.4) is 0 Å². The minimum absolute atomic E-state index is 0.168. The summed E-state index contributed by atoms with van der Waals surface area (Å²) in [5, 5.41) is 2.87. The topological polar surface area (TPSA) is 65.5 Å². The molecule has 0 spiro atoms. The van der Waals surface area contributed by atoms with Gasteiger partial charge in [-0.05, 0) is 62.1 Å². The van der Waals surface area contributed by atoms with Gasteiger partial charge in [0, 0.05) is 38.1 Å². The largest absolute Gasteiger partial charge is 0.372 e. The van der Waals surface area contributed by atoms with Crippen LogP contribution in [0.5, 0.6) is 0 Å². The van der Waals surface area contributed by atoms with Gasteiger partial charge in [0.2, 0.25) is 0 Å².